The van der Waals surface area contributed by atoms with Crippen molar-refractivity contribution in [3.8, 4) is 0 Å². The number of carbonyl (C=O) groups is 1. The van der Waals surface area contributed by atoms with Crippen LogP contribution in [-0.2, 0) is 22.5 Å². The Hall–Kier alpha value is -3.33. The number of nitrogens with zero attached hydrogens (tertiary/aromatic N) is 4. The number of unbranched alkanes of at least 4 members (excludes halogenated alkanes) is 11. The minimum atomic E-state index is -0.456. The monoisotopic (exact) mass is 690 g/mol. The average Bonchev–Trinajstić information content (AvgIpc) is 3.53. The van der Waals surface area contributed by atoms with E-state index in [0.717, 1.165) is 86.9 Å². The van der Waals surface area contributed by atoms with E-state index in [1.807, 2.05) is 6.92 Å². The van der Waals surface area contributed by atoms with Crippen LogP contribution < -0.4 is 5.56 Å². The number of halogens is 1. The Kier molecular flexibility index (Phi) is 15.1. The molecule has 2 aliphatic rings. The number of ether oxygens (including phenoxy) is 1. The number of aryl methyl sites for hydroxylation is 1. The summed E-state index contributed by atoms with van der Waals surface area (Å²) in [4.78, 5) is 33.6. The van der Waals surface area contributed by atoms with Crippen LogP contribution in [0.2, 0.25) is 0 Å². The highest BCUT2D eigenvalue weighted by atomic mass is 19.1. The molecule has 2 aromatic heterocycles. The maximum atomic E-state index is 13.6. The molecule has 0 aliphatic carbocycles. The number of rotatable bonds is 20. The van der Waals surface area contributed by atoms with E-state index in [9.17, 15) is 14.0 Å². The van der Waals surface area contributed by atoms with E-state index >= 15 is 0 Å². The largest absolute Gasteiger partial charge is 0.454 e. The summed E-state index contributed by atoms with van der Waals surface area (Å²) in [6.07, 6.45) is 24.5. The summed E-state index contributed by atoms with van der Waals surface area (Å²) in [6.45, 7) is 7.35. The second-order valence-electron chi connectivity index (χ2n) is 14.5. The van der Waals surface area contributed by atoms with Crippen molar-refractivity contribution in [1.82, 2.24) is 19.6 Å². The smallest absolute Gasteiger partial charge is 0.306 e. The molecule has 1 fully saturated rings. The number of benzene rings is 1. The molecule has 1 aromatic carbocycles. The number of hydrogen-bond donors (Lipinski definition) is 0. The second kappa shape index (κ2) is 19.9. The zero-order valence-corrected chi connectivity index (χ0v) is 30.6. The van der Waals surface area contributed by atoms with Crippen LogP contribution in [0.15, 0.2) is 39.7 Å². The minimum Gasteiger partial charge on any atom is -0.454 e. The fourth-order valence-corrected chi connectivity index (χ4v) is 7.63. The summed E-state index contributed by atoms with van der Waals surface area (Å²) in [6, 6.07) is 4.60. The molecule has 1 saturated heterocycles. The maximum absolute atomic E-state index is 13.6. The van der Waals surface area contributed by atoms with Gasteiger partial charge in [-0.3, -0.25) is 14.2 Å². The highest BCUT2D eigenvalue weighted by Gasteiger charge is 2.29. The topological polar surface area (TPSA) is 90.5 Å². The molecule has 1 unspecified atom stereocenters. The van der Waals surface area contributed by atoms with E-state index < -0.39 is 6.10 Å². The van der Waals surface area contributed by atoms with Crippen LogP contribution in [0.5, 0.6) is 0 Å². The summed E-state index contributed by atoms with van der Waals surface area (Å²) in [5.41, 5.74) is 2.89. The molecule has 2 aliphatic heterocycles. The summed E-state index contributed by atoms with van der Waals surface area (Å²) >= 11 is 0. The Morgan fingerprint density at radius 1 is 0.960 bits per heavy atom. The third kappa shape index (κ3) is 10.8. The van der Waals surface area contributed by atoms with Gasteiger partial charge >= 0.3 is 5.97 Å². The summed E-state index contributed by atoms with van der Waals surface area (Å²) in [5.74, 6) is 0.359. The van der Waals surface area contributed by atoms with Gasteiger partial charge in [-0.1, -0.05) is 75.6 Å². The van der Waals surface area contributed by atoms with E-state index in [1.165, 1.54) is 69.9 Å². The Balaban J connectivity index is 0.993. The lowest BCUT2D eigenvalue weighted by molar-refractivity contribution is -0.151. The molecule has 0 N–H and O–H groups in total. The van der Waals surface area contributed by atoms with Gasteiger partial charge in [-0.25, -0.2) is 9.37 Å². The van der Waals surface area contributed by atoms with Crippen LogP contribution >= 0.6 is 0 Å². The van der Waals surface area contributed by atoms with Gasteiger partial charge in [0.25, 0.3) is 5.56 Å². The van der Waals surface area contributed by atoms with Crippen molar-refractivity contribution in [3.63, 3.8) is 0 Å². The molecular formula is C41H59FN4O4. The lowest BCUT2D eigenvalue weighted by Crippen LogP contribution is -2.38. The van der Waals surface area contributed by atoms with Gasteiger partial charge in [-0.2, -0.15) is 0 Å². The third-order valence-electron chi connectivity index (χ3n) is 10.7. The van der Waals surface area contributed by atoms with Crippen molar-refractivity contribution in [2.45, 2.75) is 154 Å². The van der Waals surface area contributed by atoms with Gasteiger partial charge in [0.1, 0.15) is 5.82 Å². The summed E-state index contributed by atoms with van der Waals surface area (Å²) < 4.78 is 26.6. The maximum Gasteiger partial charge on any atom is 0.306 e. The Morgan fingerprint density at radius 3 is 2.40 bits per heavy atom. The number of hydrogen-bond acceptors (Lipinski definition) is 7. The molecular weight excluding hydrogens is 631 g/mol. The Labute approximate surface area is 297 Å². The standard InChI is InChI=1S/C41H59FN4O4/c1-3-4-5-6-7-8-9-10-11-12-13-14-15-16-17-20-38(47)49-36-19-18-26-46-40(36)43-31(2)34(41(46)48)25-29-45-27-23-32(24-28-45)39-35-22-21-33(42)30-37(35)50-44-39/h10-11,21-22,30,32,36H,3-9,12-20,23-29H2,1-2H3. The van der Waals surface area contributed by atoms with Crippen LogP contribution in [0.1, 0.15) is 157 Å². The van der Waals surface area contributed by atoms with Crippen molar-refractivity contribution in [1.29, 1.82) is 0 Å². The van der Waals surface area contributed by atoms with E-state index in [1.54, 1.807) is 10.6 Å². The normalized spacial score (nSPS) is 17.1. The molecule has 9 heteroatoms. The number of esters is 1. The first-order valence-electron chi connectivity index (χ1n) is 19.7. The van der Waals surface area contributed by atoms with Crippen LogP contribution in [0.25, 0.3) is 11.0 Å². The predicted molar refractivity (Wildman–Crippen MR) is 197 cm³/mol. The van der Waals surface area contributed by atoms with Crippen LogP contribution in [0, 0.1) is 12.7 Å². The molecule has 3 aromatic rings. The molecule has 1 atom stereocenters. The van der Waals surface area contributed by atoms with Gasteiger partial charge in [-0.05, 0) is 96.4 Å². The molecule has 50 heavy (non-hydrogen) atoms. The van der Waals surface area contributed by atoms with Crippen molar-refractivity contribution in [2.75, 3.05) is 19.6 Å². The number of carbonyl (C=O) groups excluding carboxylic acids is 1. The second-order valence-corrected chi connectivity index (χ2v) is 14.5. The SMILES string of the molecule is CCCCCCCCC=CCCCCCCCC(=O)OC1CCCn2c1nc(C)c(CCN1CCC(c3noc4cc(F)ccc34)CC1)c2=O. The van der Waals surface area contributed by atoms with Crippen LogP contribution in [0.4, 0.5) is 4.39 Å². The number of allylic oxidation sites excluding steroid dienone is 2. The van der Waals surface area contributed by atoms with Gasteiger partial charge in [0.15, 0.2) is 17.5 Å². The van der Waals surface area contributed by atoms with E-state index in [2.05, 4.69) is 29.1 Å². The number of fused-ring (bicyclic) bond motifs is 2. The van der Waals surface area contributed by atoms with Gasteiger partial charge in [0.05, 0.1) is 5.69 Å². The molecule has 0 bridgehead atoms. The Bertz CT molecular complexity index is 1590. The lowest BCUT2D eigenvalue weighted by atomic mass is 9.91. The first kappa shape index (κ1) is 37.9. The lowest BCUT2D eigenvalue weighted by Gasteiger charge is -2.31. The fraction of sp³-hybridized carbons (Fsp3) is 0.659. The predicted octanol–water partition coefficient (Wildman–Crippen LogP) is 9.67. The number of likely N-dealkylation sites (tertiary alicyclic amines) is 1. The van der Waals surface area contributed by atoms with Crippen molar-refractivity contribution in [2.24, 2.45) is 0 Å². The molecule has 4 heterocycles. The van der Waals surface area contributed by atoms with E-state index in [0.29, 0.717) is 37.2 Å². The average molecular weight is 691 g/mol. The van der Waals surface area contributed by atoms with Crippen molar-refractivity contribution in [3.05, 3.63) is 69.3 Å². The van der Waals surface area contributed by atoms with Crippen LogP contribution in [0.3, 0.4) is 0 Å². The van der Waals surface area contributed by atoms with Gasteiger partial charge in [0, 0.05) is 48.1 Å². The van der Waals surface area contributed by atoms with Crippen molar-refractivity contribution >= 4 is 16.9 Å². The quantitative estimate of drug-likeness (QED) is 0.0662. The van der Waals surface area contributed by atoms with Gasteiger partial charge in [0.2, 0.25) is 0 Å². The highest BCUT2D eigenvalue weighted by molar-refractivity contribution is 5.79. The zero-order valence-electron chi connectivity index (χ0n) is 30.6. The number of aromatic nitrogens is 3. The molecule has 0 amide bonds. The molecule has 8 nitrogen and oxygen atoms in total. The van der Waals surface area contributed by atoms with E-state index in [4.69, 9.17) is 14.2 Å². The van der Waals surface area contributed by atoms with Crippen molar-refractivity contribution < 1.29 is 18.4 Å². The molecule has 0 radical (unpaired) electrons. The number of piperidine rings is 1. The first-order valence-corrected chi connectivity index (χ1v) is 19.7. The molecule has 274 valence electrons. The van der Waals surface area contributed by atoms with E-state index in [-0.39, 0.29) is 23.3 Å². The minimum absolute atomic E-state index is 0.00156. The molecule has 5 rings (SSSR count). The van der Waals surface area contributed by atoms with Crippen LogP contribution in [-0.4, -0.2) is 45.2 Å². The molecule has 0 saturated carbocycles. The van der Waals surface area contributed by atoms with Gasteiger partial charge < -0.3 is 14.2 Å². The molecule has 0 spiro atoms. The first-order chi connectivity index (χ1) is 24.4. The van der Waals surface area contributed by atoms with Gasteiger partial charge in [-0.15, -0.1) is 0 Å². The Morgan fingerprint density at radius 2 is 1.66 bits per heavy atom. The zero-order chi connectivity index (χ0) is 35.1. The summed E-state index contributed by atoms with van der Waals surface area (Å²) in [5, 5.41) is 5.16. The third-order valence-corrected chi connectivity index (χ3v) is 10.7. The summed E-state index contributed by atoms with van der Waals surface area (Å²) in [7, 11) is 0. The highest BCUT2D eigenvalue weighted by Crippen LogP contribution is 2.33. The fourth-order valence-electron chi connectivity index (χ4n) is 7.63.